The SMILES string of the molecule is Brc1ccc(Cn2cc(CC3COCCN3)nn2)nc1. The van der Waals surface area contributed by atoms with Gasteiger partial charge in [-0.1, -0.05) is 5.21 Å². The number of ether oxygens (including phenoxy) is 1. The molecule has 0 amide bonds. The average molecular weight is 338 g/mol. The average Bonchev–Trinajstić information content (AvgIpc) is 2.90. The first kappa shape index (κ1) is 13.7. The van der Waals surface area contributed by atoms with E-state index in [1.54, 1.807) is 6.20 Å². The van der Waals surface area contributed by atoms with E-state index in [0.29, 0.717) is 12.6 Å². The van der Waals surface area contributed by atoms with Crippen molar-refractivity contribution in [2.24, 2.45) is 0 Å². The number of halogens is 1. The van der Waals surface area contributed by atoms with E-state index in [1.165, 1.54) is 0 Å². The highest BCUT2D eigenvalue weighted by Crippen LogP contribution is 2.09. The summed E-state index contributed by atoms with van der Waals surface area (Å²) in [4.78, 5) is 4.33. The molecule has 2 aromatic rings. The number of pyridine rings is 1. The number of morpholine rings is 1. The Morgan fingerprint density at radius 1 is 1.40 bits per heavy atom. The fraction of sp³-hybridized carbons (Fsp3) is 0.462. The molecule has 1 aliphatic rings. The van der Waals surface area contributed by atoms with Gasteiger partial charge in [0.2, 0.25) is 0 Å². The maximum absolute atomic E-state index is 5.44. The van der Waals surface area contributed by atoms with Crippen molar-refractivity contribution in [1.29, 1.82) is 0 Å². The second-order valence-electron chi connectivity index (χ2n) is 4.81. The summed E-state index contributed by atoms with van der Waals surface area (Å²) in [7, 11) is 0. The molecular formula is C13H16BrN5O. The molecule has 3 rings (SSSR count). The van der Waals surface area contributed by atoms with E-state index in [1.807, 2.05) is 23.0 Å². The molecule has 1 atom stereocenters. The van der Waals surface area contributed by atoms with E-state index in [9.17, 15) is 0 Å². The second kappa shape index (κ2) is 6.43. The maximum atomic E-state index is 5.44. The normalized spacial score (nSPS) is 19.1. The van der Waals surface area contributed by atoms with Crippen LogP contribution in [0.5, 0.6) is 0 Å². The van der Waals surface area contributed by atoms with E-state index in [4.69, 9.17) is 4.74 Å². The third-order valence-electron chi connectivity index (χ3n) is 3.15. The van der Waals surface area contributed by atoms with Crippen LogP contribution in [0, 0.1) is 0 Å². The largest absolute Gasteiger partial charge is 0.379 e. The Hall–Kier alpha value is -1.31. The monoisotopic (exact) mass is 337 g/mol. The lowest BCUT2D eigenvalue weighted by molar-refractivity contribution is 0.0767. The second-order valence-corrected chi connectivity index (χ2v) is 5.72. The first-order chi connectivity index (χ1) is 9.79. The molecule has 0 spiro atoms. The smallest absolute Gasteiger partial charge is 0.0849 e. The third-order valence-corrected chi connectivity index (χ3v) is 3.62. The summed E-state index contributed by atoms with van der Waals surface area (Å²) in [5.41, 5.74) is 1.94. The highest BCUT2D eigenvalue weighted by Gasteiger charge is 2.15. The van der Waals surface area contributed by atoms with Crippen molar-refractivity contribution in [2.45, 2.75) is 19.0 Å². The molecule has 2 aromatic heterocycles. The van der Waals surface area contributed by atoms with E-state index in [-0.39, 0.29) is 0 Å². The summed E-state index contributed by atoms with van der Waals surface area (Å²) >= 11 is 3.37. The van der Waals surface area contributed by atoms with Gasteiger partial charge in [-0.15, -0.1) is 5.10 Å². The fourth-order valence-corrected chi connectivity index (χ4v) is 2.41. The van der Waals surface area contributed by atoms with Gasteiger partial charge in [0.05, 0.1) is 31.1 Å². The van der Waals surface area contributed by atoms with Crippen molar-refractivity contribution in [3.8, 4) is 0 Å². The van der Waals surface area contributed by atoms with Gasteiger partial charge in [0, 0.05) is 35.9 Å². The Morgan fingerprint density at radius 3 is 3.10 bits per heavy atom. The van der Waals surface area contributed by atoms with Gasteiger partial charge in [0.25, 0.3) is 0 Å². The van der Waals surface area contributed by atoms with Crippen molar-refractivity contribution in [2.75, 3.05) is 19.8 Å². The predicted octanol–water partition coefficient (Wildman–Crippen LogP) is 1.01. The van der Waals surface area contributed by atoms with Crippen molar-refractivity contribution in [1.82, 2.24) is 25.3 Å². The van der Waals surface area contributed by atoms with Crippen molar-refractivity contribution < 1.29 is 4.74 Å². The van der Waals surface area contributed by atoms with Crippen LogP contribution in [0.3, 0.4) is 0 Å². The summed E-state index contributed by atoms with van der Waals surface area (Å²) < 4.78 is 8.23. The minimum atomic E-state index is 0.333. The first-order valence-electron chi connectivity index (χ1n) is 6.60. The topological polar surface area (TPSA) is 64.9 Å². The van der Waals surface area contributed by atoms with Gasteiger partial charge in [0.15, 0.2) is 0 Å². The fourth-order valence-electron chi connectivity index (χ4n) is 2.18. The molecule has 1 unspecified atom stereocenters. The van der Waals surface area contributed by atoms with Crippen LogP contribution in [0.1, 0.15) is 11.4 Å². The van der Waals surface area contributed by atoms with Crippen molar-refractivity contribution >= 4 is 15.9 Å². The number of hydrogen-bond donors (Lipinski definition) is 1. The van der Waals surface area contributed by atoms with Crippen molar-refractivity contribution in [3.63, 3.8) is 0 Å². The lowest BCUT2D eigenvalue weighted by atomic mass is 10.1. The number of nitrogens with zero attached hydrogens (tertiary/aromatic N) is 4. The summed E-state index contributed by atoms with van der Waals surface area (Å²) in [6, 6.07) is 4.28. The summed E-state index contributed by atoms with van der Waals surface area (Å²) in [5.74, 6) is 0. The molecule has 20 heavy (non-hydrogen) atoms. The van der Waals surface area contributed by atoms with Crippen LogP contribution < -0.4 is 5.32 Å². The number of hydrogen-bond acceptors (Lipinski definition) is 5. The van der Waals surface area contributed by atoms with E-state index < -0.39 is 0 Å². The lowest BCUT2D eigenvalue weighted by Gasteiger charge is -2.22. The van der Waals surface area contributed by atoms with Gasteiger partial charge in [-0.25, -0.2) is 4.68 Å². The third kappa shape index (κ3) is 3.62. The summed E-state index contributed by atoms with van der Waals surface area (Å²) in [6.45, 7) is 3.07. The van der Waals surface area contributed by atoms with E-state index in [2.05, 4.69) is 36.5 Å². The quantitative estimate of drug-likeness (QED) is 0.902. The molecule has 0 aliphatic carbocycles. The van der Waals surface area contributed by atoms with Gasteiger partial charge in [-0.2, -0.15) is 0 Å². The number of aromatic nitrogens is 4. The van der Waals surface area contributed by atoms with Gasteiger partial charge in [0.1, 0.15) is 0 Å². The van der Waals surface area contributed by atoms with E-state index in [0.717, 1.165) is 42.0 Å². The van der Waals surface area contributed by atoms with Crippen LogP contribution in [-0.2, 0) is 17.7 Å². The van der Waals surface area contributed by atoms with Crippen LogP contribution in [0.15, 0.2) is 29.0 Å². The van der Waals surface area contributed by atoms with Crippen molar-refractivity contribution in [3.05, 3.63) is 40.4 Å². The zero-order valence-corrected chi connectivity index (χ0v) is 12.6. The van der Waals surface area contributed by atoms with Crippen LogP contribution in [-0.4, -0.2) is 45.8 Å². The van der Waals surface area contributed by atoms with E-state index >= 15 is 0 Å². The number of rotatable bonds is 4. The van der Waals surface area contributed by atoms with Gasteiger partial charge >= 0.3 is 0 Å². The first-order valence-corrected chi connectivity index (χ1v) is 7.39. The van der Waals surface area contributed by atoms with Gasteiger partial charge < -0.3 is 10.1 Å². The zero-order valence-electron chi connectivity index (χ0n) is 11.0. The van der Waals surface area contributed by atoms with Crippen LogP contribution in [0.25, 0.3) is 0 Å². The molecule has 3 heterocycles. The van der Waals surface area contributed by atoms with Crippen LogP contribution in [0.4, 0.5) is 0 Å². The Labute approximate surface area is 125 Å². The molecule has 6 nitrogen and oxygen atoms in total. The van der Waals surface area contributed by atoms with Gasteiger partial charge in [-0.05, 0) is 28.1 Å². The molecule has 0 saturated carbocycles. The summed E-state index contributed by atoms with van der Waals surface area (Å²) in [5, 5.41) is 11.8. The highest BCUT2D eigenvalue weighted by molar-refractivity contribution is 9.10. The maximum Gasteiger partial charge on any atom is 0.0849 e. The zero-order chi connectivity index (χ0) is 13.8. The summed E-state index contributed by atoms with van der Waals surface area (Å²) in [6.07, 6.45) is 4.60. The Morgan fingerprint density at radius 2 is 2.35 bits per heavy atom. The number of nitrogens with one attached hydrogen (secondary N) is 1. The lowest BCUT2D eigenvalue weighted by Crippen LogP contribution is -2.42. The minimum Gasteiger partial charge on any atom is -0.379 e. The molecule has 1 fully saturated rings. The molecule has 0 bridgehead atoms. The minimum absolute atomic E-state index is 0.333. The molecule has 7 heteroatoms. The van der Waals surface area contributed by atoms with Crippen LogP contribution in [0.2, 0.25) is 0 Å². The standard InChI is InChI=1S/C13H16BrN5O/c14-10-1-2-11(16-6-10)7-19-8-12(17-18-19)5-13-9-20-4-3-15-13/h1-2,6,8,13,15H,3-5,7,9H2. The molecule has 106 valence electrons. The molecule has 0 aromatic carbocycles. The molecule has 0 radical (unpaired) electrons. The molecule has 1 aliphatic heterocycles. The predicted molar refractivity (Wildman–Crippen MR) is 77.4 cm³/mol. The Bertz CT molecular complexity index is 550. The molecular weight excluding hydrogens is 322 g/mol. The van der Waals surface area contributed by atoms with Crippen LogP contribution >= 0.6 is 15.9 Å². The Balaban J connectivity index is 1.60. The molecule has 1 saturated heterocycles. The molecule has 1 N–H and O–H groups in total. The Kier molecular flexibility index (Phi) is 4.39. The van der Waals surface area contributed by atoms with Gasteiger partial charge in [-0.3, -0.25) is 4.98 Å². The highest BCUT2D eigenvalue weighted by atomic mass is 79.9.